The second-order valence-corrected chi connectivity index (χ2v) is 7.99. The zero-order valence-corrected chi connectivity index (χ0v) is 18.5. The fourth-order valence-electron chi connectivity index (χ4n) is 3.99. The molecule has 0 aromatic heterocycles. The minimum Gasteiger partial charge on any atom is -0.497 e. The number of nitrogens with one attached hydrogen (secondary N) is 2. The van der Waals surface area contributed by atoms with Crippen molar-refractivity contribution >= 4 is 11.8 Å². The smallest absolute Gasteiger partial charge is 0.251 e. The van der Waals surface area contributed by atoms with Gasteiger partial charge >= 0.3 is 0 Å². The van der Waals surface area contributed by atoms with Crippen molar-refractivity contribution in [2.45, 2.75) is 45.2 Å². The van der Waals surface area contributed by atoms with E-state index >= 15 is 0 Å². The lowest BCUT2D eigenvalue weighted by Crippen LogP contribution is -2.46. The number of likely N-dealkylation sites (tertiary alicyclic amines) is 1. The second kappa shape index (κ2) is 11.5. The van der Waals surface area contributed by atoms with Crippen molar-refractivity contribution in [3.63, 3.8) is 0 Å². The molecule has 1 fully saturated rings. The van der Waals surface area contributed by atoms with Crippen LogP contribution in [-0.2, 0) is 17.8 Å². The molecule has 0 aliphatic carbocycles. The molecular weight excluding hydrogens is 390 g/mol. The Kier molecular flexibility index (Phi) is 8.47. The highest BCUT2D eigenvalue weighted by molar-refractivity contribution is 5.94. The van der Waals surface area contributed by atoms with Crippen molar-refractivity contribution < 1.29 is 14.3 Å². The number of carbonyl (C=O) groups is 2. The van der Waals surface area contributed by atoms with Crippen molar-refractivity contribution in [1.29, 1.82) is 0 Å². The van der Waals surface area contributed by atoms with Crippen LogP contribution in [0.25, 0.3) is 0 Å². The number of hydrogen-bond acceptors (Lipinski definition) is 4. The summed E-state index contributed by atoms with van der Waals surface area (Å²) >= 11 is 0. The number of piperidine rings is 1. The number of benzene rings is 2. The molecule has 0 radical (unpaired) electrons. The molecule has 2 amide bonds. The SMILES string of the molecule is CCN1CCCCC1CNC(=O)c1ccc(CNC(=O)Cc2ccc(OC)cc2)cc1. The third kappa shape index (κ3) is 6.82. The molecule has 166 valence electrons. The summed E-state index contributed by atoms with van der Waals surface area (Å²) in [6, 6.07) is 15.3. The summed E-state index contributed by atoms with van der Waals surface area (Å²) < 4.78 is 5.13. The van der Waals surface area contributed by atoms with Gasteiger partial charge < -0.3 is 15.4 Å². The number of hydrogen-bond donors (Lipinski definition) is 2. The Morgan fingerprint density at radius 2 is 1.71 bits per heavy atom. The van der Waals surface area contributed by atoms with Gasteiger partial charge in [-0.2, -0.15) is 0 Å². The number of likely N-dealkylation sites (N-methyl/N-ethyl adjacent to an activating group) is 1. The highest BCUT2D eigenvalue weighted by Gasteiger charge is 2.21. The zero-order chi connectivity index (χ0) is 22.1. The first kappa shape index (κ1) is 22.8. The van der Waals surface area contributed by atoms with Gasteiger partial charge in [-0.05, 0) is 61.3 Å². The highest BCUT2D eigenvalue weighted by Crippen LogP contribution is 2.16. The van der Waals surface area contributed by atoms with Crippen LogP contribution in [0.3, 0.4) is 0 Å². The maximum absolute atomic E-state index is 12.5. The van der Waals surface area contributed by atoms with Crippen LogP contribution in [0.4, 0.5) is 0 Å². The summed E-state index contributed by atoms with van der Waals surface area (Å²) in [7, 11) is 1.62. The van der Waals surface area contributed by atoms with Crippen LogP contribution in [0, 0.1) is 0 Å². The van der Waals surface area contributed by atoms with Crippen LogP contribution in [0.15, 0.2) is 48.5 Å². The van der Waals surface area contributed by atoms with Crippen LogP contribution in [0.1, 0.15) is 47.7 Å². The van der Waals surface area contributed by atoms with E-state index in [4.69, 9.17) is 4.74 Å². The Labute approximate surface area is 185 Å². The largest absolute Gasteiger partial charge is 0.497 e. The van der Waals surface area contributed by atoms with Gasteiger partial charge in [0.1, 0.15) is 5.75 Å². The molecule has 1 saturated heterocycles. The van der Waals surface area contributed by atoms with Gasteiger partial charge in [-0.3, -0.25) is 14.5 Å². The summed E-state index contributed by atoms with van der Waals surface area (Å²) in [6.45, 7) is 5.45. The van der Waals surface area contributed by atoms with Crippen molar-refractivity contribution in [3.05, 3.63) is 65.2 Å². The number of carbonyl (C=O) groups excluding carboxylic acids is 2. The normalized spacial score (nSPS) is 16.5. The molecule has 0 saturated carbocycles. The molecule has 3 rings (SSSR count). The first-order valence-corrected chi connectivity index (χ1v) is 11.1. The number of rotatable bonds is 9. The molecular formula is C25H33N3O3. The molecule has 6 nitrogen and oxygen atoms in total. The van der Waals surface area contributed by atoms with E-state index in [1.165, 1.54) is 12.8 Å². The molecule has 6 heteroatoms. The summed E-state index contributed by atoms with van der Waals surface area (Å²) in [4.78, 5) is 27.1. The Bertz CT molecular complexity index is 849. The Morgan fingerprint density at radius 1 is 1.00 bits per heavy atom. The van der Waals surface area contributed by atoms with Crippen LogP contribution in [-0.4, -0.2) is 49.5 Å². The van der Waals surface area contributed by atoms with Crippen molar-refractivity contribution in [2.24, 2.45) is 0 Å². The lowest BCUT2D eigenvalue weighted by Gasteiger charge is -2.34. The van der Waals surface area contributed by atoms with Crippen LogP contribution in [0.2, 0.25) is 0 Å². The van der Waals surface area contributed by atoms with Gasteiger partial charge in [0.2, 0.25) is 5.91 Å². The fraction of sp³-hybridized carbons (Fsp3) is 0.440. The lowest BCUT2D eigenvalue weighted by molar-refractivity contribution is -0.120. The fourth-order valence-corrected chi connectivity index (χ4v) is 3.99. The molecule has 2 aromatic carbocycles. The average molecular weight is 424 g/mol. The molecule has 2 aromatic rings. The summed E-state index contributed by atoms with van der Waals surface area (Å²) in [5.74, 6) is 0.686. The molecule has 0 bridgehead atoms. The number of nitrogens with zero attached hydrogens (tertiary/aromatic N) is 1. The summed E-state index contributed by atoms with van der Waals surface area (Å²) in [5, 5.41) is 6.01. The average Bonchev–Trinajstić information content (AvgIpc) is 2.82. The molecule has 2 N–H and O–H groups in total. The van der Waals surface area contributed by atoms with Crippen LogP contribution >= 0.6 is 0 Å². The van der Waals surface area contributed by atoms with Gasteiger partial charge in [-0.25, -0.2) is 0 Å². The highest BCUT2D eigenvalue weighted by atomic mass is 16.5. The van der Waals surface area contributed by atoms with E-state index in [1.807, 2.05) is 48.5 Å². The van der Waals surface area contributed by atoms with E-state index in [1.54, 1.807) is 7.11 Å². The first-order valence-electron chi connectivity index (χ1n) is 11.1. The predicted octanol–water partition coefficient (Wildman–Crippen LogP) is 3.16. The molecule has 1 heterocycles. The van der Waals surface area contributed by atoms with Gasteiger partial charge in [0.25, 0.3) is 5.91 Å². The van der Waals surface area contributed by atoms with Crippen molar-refractivity contribution in [3.8, 4) is 5.75 Å². The zero-order valence-electron chi connectivity index (χ0n) is 18.5. The quantitative estimate of drug-likeness (QED) is 0.650. The first-order chi connectivity index (χ1) is 15.1. The number of amides is 2. The Balaban J connectivity index is 1.43. The Hall–Kier alpha value is -2.86. The van der Waals surface area contributed by atoms with Gasteiger partial charge in [0.15, 0.2) is 0 Å². The van der Waals surface area contributed by atoms with Gasteiger partial charge in [0, 0.05) is 24.7 Å². The standard InChI is InChI=1S/C25H33N3O3/c1-3-28-15-5-4-6-22(28)18-27-25(30)21-11-7-20(8-12-21)17-26-24(29)16-19-9-13-23(31-2)14-10-19/h7-14,22H,3-6,15-18H2,1-2H3,(H,26,29)(H,27,30). The number of ether oxygens (including phenoxy) is 1. The van der Waals surface area contributed by atoms with E-state index in [0.717, 1.165) is 36.4 Å². The minimum absolute atomic E-state index is 0.0417. The maximum Gasteiger partial charge on any atom is 0.251 e. The second-order valence-electron chi connectivity index (χ2n) is 7.99. The van der Waals surface area contributed by atoms with E-state index < -0.39 is 0 Å². The molecule has 1 aliphatic heterocycles. The van der Waals surface area contributed by atoms with Gasteiger partial charge in [-0.15, -0.1) is 0 Å². The van der Waals surface area contributed by atoms with E-state index in [-0.39, 0.29) is 11.8 Å². The summed E-state index contributed by atoms with van der Waals surface area (Å²) in [6.07, 6.45) is 3.94. The number of methoxy groups -OCH3 is 1. The van der Waals surface area contributed by atoms with Gasteiger partial charge in [-0.1, -0.05) is 37.6 Å². The molecule has 1 aliphatic rings. The third-order valence-electron chi connectivity index (χ3n) is 5.88. The molecule has 1 unspecified atom stereocenters. The van der Waals surface area contributed by atoms with Crippen molar-refractivity contribution in [1.82, 2.24) is 15.5 Å². The van der Waals surface area contributed by atoms with E-state index in [2.05, 4.69) is 22.5 Å². The van der Waals surface area contributed by atoms with Crippen LogP contribution in [0.5, 0.6) is 5.75 Å². The van der Waals surface area contributed by atoms with Gasteiger partial charge in [0.05, 0.1) is 13.5 Å². The summed E-state index contributed by atoms with van der Waals surface area (Å²) in [5.41, 5.74) is 2.54. The Morgan fingerprint density at radius 3 is 2.39 bits per heavy atom. The molecule has 1 atom stereocenters. The van der Waals surface area contributed by atoms with Crippen LogP contribution < -0.4 is 15.4 Å². The third-order valence-corrected chi connectivity index (χ3v) is 5.88. The van der Waals surface area contributed by atoms with Crippen molar-refractivity contribution in [2.75, 3.05) is 26.7 Å². The molecule has 0 spiro atoms. The predicted molar refractivity (Wildman–Crippen MR) is 122 cm³/mol. The lowest BCUT2D eigenvalue weighted by atomic mass is 10.0. The monoisotopic (exact) mass is 423 g/mol. The maximum atomic E-state index is 12.5. The van der Waals surface area contributed by atoms with E-state index in [9.17, 15) is 9.59 Å². The minimum atomic E-state index is -0.0447. The van der Waals surface area contributed by atoms with E-state index in [0.29, 0.717) is 31.1 Å². The molecule has 31 heavy (non-hydrogen) atoms. The topological polar surface area (TPSA) is 70.7 Å².